The predicted octanol–water partition coefficient (Wildman–Crippen LogP) is 3.44. The Hall–Kier alpha value is -2.78. The molecule has 4 rings (SSSR count). The average molecular weight is 447 g/mol. The summed E-state index contributed by atoms with van der Waals surface area (Å²) in [4.78, 5) is 21.4. The minimum atomic E-state index is -0.853. The lowest BCUT2D eigenvalue weighted by Gasteiger charge is -2.34. The van der Waals surface area contributed by atoms with Crippen molar-refractivity contribution in [2.45, 2.75) is 6.92 Å². The number of nitrogens with one attached hydrogen (secondary N) is 1. The van der Waals surface area contributed by atoms with Crippen LogP contribution in [0.5, 0.6) is 5.75 Å². The van der Waals surface area contributed by atoms with Gasteiger partial charge in [0.2, 0.25) is 0 Å². The van der Waals surface area contributed by atoms with Gasteiger partial charge in [-0.15, -0.1) is 0 Å². The van der Waals surface area contributed by atoms with E-state index in [1.165, 1.54) is 11.6 Å². The molecule has 1 aliphatic rings. The van der Waals surface area contributed by atoms with E-state index in [1.54, 1.807) is 18.4 Å². The fourth-order valence-corrected chi connectivity index (χ4v) is 4.79. The number of aryl methyl sites for hydroxylation is 1. The minimum absolute atomic E-state index is 0.324. The lowest BCUT2D eigenvalue weighted by Crippen LogP contribution is -2.48. The Kier molecular flexibility index (Phi) is 6.33. The third-order valence-corrected chi connectivity index (χ3v) is 6.71. The lowest BCUT2D eigenvalue weighted by molar-refractivity contribution is 0.0939. The van der Waals surface area contributed by atoms with Gasteiger partial charge in [-0.05, 0) is 30.7 Å². The molecule has 0 radical (unpaired) electrons. The van der Waals surface area contributed by atoms with Crippen LogP contribution in [0.2, 0.25) is 0 Å². The van der Waals surface area contributed by atoms with Gasteiger partial charge in [-0.25, -0.2) is 13.8 Å². The minimum Gasteiger partial charge on any atom is -0.494 e. The van der Waals surface area contributed by atoms with E-state index in [-0.39, 0.29) is 0 Å². The first kappa shape index (κ1) is 21.5. The van der Waals surface area contributed by atoms with Crippen molar-refractivity contribution in [3.8, 4) is 5.75 Å². The number of carbonyl (C=O) groups is 1. The van der Waals surface area contributed by atoms with E-state index in [4.69, 9.17) is 9.72 Å². The number of anilines is 1. The van der Waals surface area contributed by atoms with Gasteiger partial charge in [0.05, 0.1) is 11.8 Å². The van der Waals surface area contributed by atoms with Crippen LogP contribution in [0, 0.1) is 18.6 Å². The van der Waals surface area contributed by atoms with E-state index in [2.05, 4.69) is 22.0 Å². The molecule has 1 aliphatic heterocycles. The Bertz CT molecular complexity index is 1080. The SMILES string of the molecule is COc1ccc(C)c2sc(N3CCN(CCNC(=O)c4c(F)cccc4F)CC3)nc12. The second kappa shape index (κ2) is 9.15. The molecule has 0 bridgehead atoms. The summed E-state index contributed by atoms with van der Waals surface area (Å²) in [6.07, 6.45) is 0. The number of ether oxygens (including phenoxy) is 1. The normalized spacial score (nSPS) is 14.8. The molecule has 0 saturated carbocycles. The zero-order chi connectivity index (χ0) is 22.0. The van der Waals surface area contributed by atoms with Gasteiger partial charge < -0.3 is 15.0 Å². The van der Waals surface area contributed by atoms with E-state index >= 15 is 0 Å². The summed E-state index contributed by atoms with van der Waals surface area (Å²) < 4.78 is 34.0. The predicted molar refractivity (Wildman–Crippen MR) is 118 cm³/mol. The maximum absolute atomic E-state index is 13.7. The molecular weight excluding hydrogens is 422 g/mol. The van der Waals surface area contributed by atoms with Crippen LogP contribution in [0.1, 0.15) is 15.9 Å². The van der Waals surface area contributed by atoms with Gasteiger partial charge in [0.25, 0.3) is 5.91 Å². The average Bonchev–Trinajstić information content (AvgIpc) is 3.21. The fraction of sp³-hybridized carbons (Fsp3) is 0.364. The van der Waals surface area contributed by atoms with Crippen molar-refractivity contribution in [1.29, 1.82) is 0 Å². The Morgan fingerprint density at radius 1 is 1.16 bits per heavy atom. The maximum Gasteiger partial charge on any atom is 0.257 e. The first-order valence-electron chi connectivity index (χ1n) is 10.1. The molecule has 1 fully saturated rings. The van der Waals surface area contributed by atoms with Crippen LogP contribution in [0.25, 0.3) is 10.2 Å². The molecular formula is C22H24F2N4O2S. The van der Waals surface area contributed by atoms with E-state index < -0.39 is 23.1 Å². The summed E-state index contributed by atoms with van der Waals surface area (Å²) in [5, 5.41) is 3.59. The van der Waals surface area contributed by atoms with Crippen LogP contribution in [0.3, 0.4) is 0 Å². The smallest absolute Gasteiger partial charge is 0.257 e. The van der Waals surface area contributed by atoms with E-state index in [0.29, 0.717) is 13.1 Å². The third kappa shape index (κ3) is 4.47. The number of aromatic nitrogens is 1. The van der Waals surface area contributed by atoms with Crippen molar-refractivity contribution in [3.05, 3.63) is 53.1 Å². The number of hydrogen-bond acceptors (Lipinski definition) is 6. The maximum atomic E-state index is 13.7. The molecule has 0 aliphatic carbocycles. The van der Waals surface area contributed by atoms with E-state index in [1.807, 2.05) is 12.1 Å². The number of methoxy groups -OCH3 is 1. The summed E-state index contributed by atoms with van der Waals surface area (Å²) in [5.74, 6) is -1.65. The van der Waals surface area contributed by atoms with Crippen LogP contribution in [0.15, 0.2) is 30.3 Å². The molecule has 0 atom stereocenters. The van der Waals surface area contributed by atoms with E-state index in [0.717, 1.165) is 59.4 Å². The molecule has 9 heteroatoms. The van der Waals surface area contributed by atoms with Crippen molar-refractivity contribution >= 4 is 32.6 Å². The van der Waals surface area contributed by atoms with Gasteiger partial charge in [0, 0.05) is 39.3 Å². The number of hydrogen-bond donors (Lipinski definition) is 1. The number of benzene rings is 2. The second-order valence-electron chi connectivity index (χ2n) is 7.44. The summed E-state index contributed by atoms with van der Waals surface area (Å²) >= 11 is 1.67. The van der Waals surface area contributed by atoms with Crippen LogP contribution < -0.4 is 15.0 Å². The molecule has 164 valence electrons. The molecule has 31 heavy (non-hydrogen) atoms. The molecule has 1 aromatic heterocycles. The molecule has 1 amide bonds. The topological polar surface area (TPSA) is 57.7 Å². The molecule has 0 unspecified atom stereocenters. The molecule has 2 heterocycles. The van der Waals surface area contributed by atoms with Crippen LogP contribution in [-0.2, 0) is 0 Å². The quantitative estimate of drug-likeness (QED) is 0.629. The van der Waals surface area contributed by atoms with Gasteiger partial charge in [-0.1, -0.05) is 23.5 Å². The molecule has 2 aromatic carbocycles. The molecule has 6 nitrogen and oxygen atoms in total. The van der Waals surface area contributed by atoms with Gasteiger partial charge in [0.1, 0.15) is 28.5 Å². The first-order chi connectivity index (χ1) is 15.0. The molecule has 1 N–H and O–H groups in total. The molecule has 1 saturated heterocycles. The number of carbonyl (C=O) groups excluding carboxylic acids is 1. The zero-order valence-electron chi connectivity index (χ0n) is 17.5. The van der Waals surface area contributed by atoms with Crippen molar-refractivity contribution in [1.82, 2.24) is 15.2 Å². The number of nitrogens with zero attached hydrogens (tertiary/aromatic N) is 3. The van der Waals surface area contributed by atoms with Gasteiger partial charge in [-0.3, -0.25) is 9.69 Å². The zero-order valence-corrected chi connectivity index (χ0v) is 18.3. The van der Waals surface area contributed by atoms with Crippen LogP contribution >= 0.6 is 11.3 Å². The van der Waals surface area contributed by atoms with Crippen molar-refractivity contribution in [3.63, 3.8) is 0 Å². The number of fused-ring (bicyclic) bond motifs is 1. The molecule has 0 spiro atoms. The van der Waals surface area contributed by atoms with Crippen molar-refractivity contribution in [2.75, 3.05) is 51.3 Å². The highest BCUT2D eigenvalue weighted by Gasteiger charge is 2.22. The highest BCUT2D eigenvalue weighted by Crippen LogP contribution is 2.36. The number of piperazine rings is 1. The molecule has 3 aromatic rings. The van der Waals surface area contributed by atoms with Crippen molar-refractivity contribution < 1.29 is 18.3 Å². The monoisotopic (exact) mass is 446 g/mol. The number of amides is 1. The van der Waals surface area contributed by atoms with E-state index in [9.17, 15) is 13.6 Å². The van der Waals surface area contributed by atoms with Gasteiger partial charge in [0.15, 0.2) is 5.13 Å². The number of rotatable bonds is 6. The Morgan fingerprint density at radius 2 is 1.87 bits per heavy atom. The summed E-state index contributed by atoms with van der Waals surface area (Å²) in [7, 11) is 1.65. The summed E-state index contributed by atoms with van der Waals surface area (Å²) in [6, 6.07) is 7.39. The first-order valence-corrected chi connectivity index (χ1v) is 10.9. The lowest BCUT2D eigenvalue weighted by atomic mass is 10.2. The Morgan fingerprint density at radius 3 is 2.55 bits per heavy atom. The number of thiazole rings is 1. The second-order valence-corrected chi connectivity index (χ2v) is 8.42. The van der Waals surface area contributed by atoms with Gasteiger partial charge >= 0.3 is 0 Å². The van der Waals surface area contributed by atoms with Crippen molar-refractivity contribution in [2.24, 2.45) is 0 Å². The highest BCUT2D eigenvalue weighted by atomic mass is 32.1. The summed E-state index contributed by atoms with van der Waals surface area (Å²) in [6.45, 7) is 6.27. The standard InChI is InChI=1S/C22H24F2N4O2S/c1-14-6-7-17(30-2)19-20(14)31-22(26-19)28-12-10-27(11-13-28)9-8-25-21(29)18-15(23)4-3-5-16(18)24/h3-7H,8-13H2,1-2H3,(H,25,29). The third-order valence-electron chi connectivity index (χ3n) is 5.46. The largest absolute Gasteiger partial charge is 0.494 e. The number of halogens is 2. The van der Waals surface area contributed by atoms with Gasteiger partial charge in [-0.2, -0.15) is 0 Å². The Balaban J connectivity index is 1.31. The fourth-order valence-electron chi connectivity index (χ4n) is 3.69. The highest BCUT2D eigenvalue weighted by molar-refractivity contribution is 7.22. The van der Waals surface area contributed by atoms with Crippen LogP contribution in [-0.4, -0.2) is 62.2 Å². The van der Waals surface area contributed by atoms with Crippen LogP contribution in [0.4, 0.5) is 13.9 Å². The summed E-state index contributed by atoms with van der Waals surface area (Å²) in [5.41, 5.74) is 1.54. The Labute approximate surface area is 183 Å².